The second kappa shape index (κ2) is 8.92. The van der Waals surface area contributed by atoms with Gasteiger partial charge in [0.1, 0.15) is 5.52 Å². The molecule has 3 aromatic carbocycles. The van der Waals surface area contributed by atoms with E-state index in [1.165, 1.54) is 0 Å². The number of benzene rings is 3. The van der Waals surface area contributed by atoms with E-state index < -0.39 is 0 Å². The first-order chi connectivity index (χ1) is 14.5. The van der Waals surface area contributed by atoms with Gasteiger partial charge in [-0.25, -0.2) is 4.98 Å². The molecule has 0 spiro atoms. The number of hydrogen-bond donors (Lipinski definition) is 1. The molecule has 4 aromatic rings. The normalized spacial score (nSPS) is 10.9. The number of anilines is 1. The van der Waals surface area contributed by atoms with Crippen molar-refractivity contribution < 1.29 is 14.0 Å². The number of aromatic nitrogens is 1. The topological polar surface area (TPSA) is 72.2 Å². The molecule has 1 heterocycles. The van der Waals surface area contributed by atoms with E-state index >= 15 is 0 Å². The second-order valence-corrected chi connectivity index (χ2v) is 8.11. The Hall–Kier alpha value is -2.80. The molecular weight excluding hydrogens is 443 g/mol. The Kier molecular flexibility index (Phi) is 6.08. The van der Waals surface area contributed by atoms with Gasteiger partial charge >= 0.3 is 0 Å². The highest BCUT2D eigenvalue weighted by Crippen LogP contribution is 2.27. The fourth-order valence-corrected chi connectivity index (χ4v) is 3.79. The minimum atomic E-state index is -0.301. The SMILES string of the molecule is O=C(CSc1nc2cc(Cl)ccc2o1)Nc1ccc(Cl)cc1C(=O)c1ccccc1. The van der Waals surface area contributed by atoms with Gasteiger partial charge in [0, 0.05) is 21.2 Å². The van der Waals surface area contributed by atoms with Crippen LogP contribution in [0.2, 0.25) is 10.0 Å². The van der Waals surface area contributed by atoms with E-state index in [-0.39, 0.29) is 17.4 Å². The summed E-state index contributed by atoms with van der Waals surface area (Å²) in [5.74, 6) is -0.469. The highest BCUT2D eigenvalue weighted by molar-refractivity contribution is 7.99. The van der Waals surface area contributed by atoms with Gasteiger partial charge in [0.05, 0.1) is 11.4 Å². The van der Waals surface area contributed by atoms with E-state index in [4.69, 9.17) is 27.6 Å². The number of nitrogens with zero attached hydrogens (tertiary/aromatic N) is 1. The molecule has 0 saturated heterocycles. The Balaban J connectivity index is 1.48. The molecule has 4 rings (SSSR count). The fourth-order valence-electron chi connectivity index (χ4n) is 2.81. The molecule has 0 fully saturated rings. The molecule has 0 aliphatic carbocycles. The highest BCUT2D eigenvalue weighted by atomic mass is 35.5. The van der Waals surface area contributed by atoms with Crippen LogP contribution in [0, 0.1) is 0 Å². The first-order valence-electron chi connectivity index (χ1n) is 8.87. The molecule has 0 atom stereocenters. The lowest BCUT2D eigenvalue weighted by Crippen LogP contribution is -2.17. The number of ketones is 1. The van der Waals surface area contributed by atoms with E-state index in [2.05, 4.69) is 10.3 Å². The predicted molar refractivity (Wildman–Crippen MR) is 120 cm³/mol. The molecule has 1 N–H and O–H groups in total. The van der Waals surface area contributed by atoms with Gasteiger partial charge in [0.25, 0.3) is 5.22 Å². The molecule has 0 bridgehead atoms. The quantitative estimate of drug-likeness (QED) is 0.280. The van der Waals surface area contributed by atoms with E-state index in [1.54, 1.807) is 60.7 Å². The summed E-state index contributed by atoms with van der Waals surface area (Å²) in [6.07, 6.45) is 0. The molecule has 0 aliphatic rings. The van der Waals surface area contributed by atoms with Crippen LogP contribution in [-0.4, -0.2) is 22.4 Å². The number of thioether (sulfide) groups is 1. The summed E-state index contributed by atoms with van der Waals surface area (Å²) in [5, 5.41) is 4.10. The molecule has 1 aromatic heterocycles. The number of rotatable bonds is 6. The molecule has 0 unspecified atom stereocenters. The van der Waals surface area contributed by atoms with Crippen molar-refractivity contribution in [2.75, 3.05) is 11.1 Å². The monoisotopic (exact) mass is 456 g/mol. The van der Waals surface area contributed by atoms with Crippen molar-refractivity contribution in [2.24, 2.45) is 0 Å². The summed E-state index contributed by atoms with van der Waals surface area (Å²) in [6, 6.07) is 18.7. The first kappa shape index (κ1) is 20.5. The fraction of sp³-hybridized carbons (Fsp3) is 0.0455. The number of nitrogens with one attached hydrogen (secondary N) is 1. The van der Waals surface area contributed by atoms with Crippen LogP contribution in [0.25, 0.3) is 11.1 Å². The number of carbonyl (C=O) groups excluding carboxylic acids is 2. The zero-order chi connectivity index (χ0) is 21.1. The Labute approximate surface area is 186 Å². The van der Waals surface area contributed by atoms with Gasteiger partial charge in [0.15, 0.2) is 11.4 Å². The van der Waals surface area contributed by atoms with Gasteiger partial charge in [0.2, 0.25) is 5.91 Å². The van der Waals surface area contributed by atoms with Gasteiger partial charge in [-0.15, -0.1) is 0 Å². The summed E-state index contributed by atoms with van der Waals surface area (Å²) in [4.78, 5) is 29.7. The number of oxazole rings is 1. The third kappa shape index (κ3) is 4.67. The summed E-state index contributed by atoms with van der Waals surface area (Å²) in [5.41, 5.74) is 2.44. The molecule has 1 amide bonds. The number of fused-ring (bicyclic) bond motifs is 1. The molecule has 150 valence electrons. The average Bonchev–Trinajstić information content (AvgIpc) is 3.15. The number of halogens is 2. The highest BCUT2D eigenvalue weighted by Gasteiger charge is 2.17. The van der Waals surface area contributed by atoms with Crippen LogP contribution < -0.4 is 5.32 Å². The largest absolute Gasteiger partial charge is 0.431 e. The van der Waals surface area contributed by atoms with Crippen LogP contribution in [0.3, 0.4) is 0 Å². The van der Waals surface area contributed by atoms with Crippen LogP contribution in [0.15, 0.2) is 76.4 Å². The van der Waals surface area contributed by atoms with Gasteiger partial charge in [-0.3, -0.25) is 9.59 Å². The number of carbonyl (C=O) groups is 2. The van der Waals surface area contributed by atoms with E-state index in [0.717, 1.165) is 11.8 Å². The number of amides is 1. The van der Waals surface area contributed by atoms with Crippen LogP contribution in [0.4, 0.5) is 5.69 Å². The van der Waals surface area contributed by atoms with Crippen LogP contribution >= 0.6 is 35.0 Å². The second-order valence-electron chi connectivity index (χ2n) is 6.31. The predicted octanol–water partition coefficient (Wildman–Crippen LogP) is 6.10. The zero-order valence-electron chi connectivity index (χ0n) is 15.4. The standard InChI is InChI=1S/C22H14Cl2N2O3S/c23-14-6-8-17(16(10-14)21(28)13-4-2-1-3-5-13)25-20(27)12-30-22-26-18-11-15(24)7-9-19(18)29-22/h1-11H,12H2,(H,25,27). The van der Waals surface area contributed by atoms with Gasteiger partial charge in [-0.05, 0) is 36.4 Å². The van der Waals surface area contributed by atoms with Crippen LogP contribution in [0.1, 0.15) is 15.9 Å². The maximum absolute atomic E-state index is 12.9. The molecule has 0 radical (unpaired) electrons. The Morgan fingerprint density at radius 3 is 2.50 bits per heavy atom. The first-order valence-corrected chi connectivity index (χ1v) is 10.6. The van der Waals surface area contributed by atoms with Crippen molar-refractivity contribution in [3.63, 3.8) is 0 Å². The Bertz CT molecular complexity index is 1240. The minimum absolute atomic E-state index is 0.0577. The lowest BCUT2D eigenvalue weighted by molar-refractivity contribution is -0.113. The molecule has 0 aliphatic heterocycles. The zero-order valence-corrected chi connectivity index (χ0v) is 17.7. The van der Waals surface area contributed by atoms with Crippen LogP contribution in [0.5, 0.6) is 0 Å². The Morgan fingerprint density at radius 1 is 0.967 bits per heavy atom. The van der Waals surface area contributed by atoms with Crippen molar-refractivity contribution in [3.8, 4) is 0 Å². The van der Waals surface area contributed by atoms with Crippen molar-refractivity contribution >= 4 is 63.4 Å². The van der Waals surface area contributed by atoms with Gasteiger partial charge < -0.3 is 9.73 Å². The third-order valence-electron chi connectivity index (χ3n) is 4.19. The molecule has 0 saturated carbocycles. The van der Waals surface area contributed by atoms with Crippen LogP contribution in [-0.2, 0) is 4.79 Å². The summed E-state index contributed by atoms with van der Waals surface area (Å²) >= 11 is 13.2. The lowest BCUT2D eigenvalue weighted by Gasteiger charge is -2.11. The molecule has 30 heavy (non-hydrogen) atoms. The number of hydrogen-bond acceptors (Lipinski definition) is 5. The lowest BCUT2D eigenvalue weighted by atomic mass is 10.0. The molecule has 8 heteroatoms. The smallest absolute Gasteiger partial charge is 0.257 e. The maximum atomic E-state index is 12.9. The van der Waals surface area contributed by atoms with Crippen molar-refractivity contribution in [3.05, 3.63) is 87.9 Å². The van der Waals surface area contributed by atoms with E-state index in [0.29, 0.717) is 43.2 Å². The average molecular weight is 457 g/mol. The van der Waals surface area contributed by atoms with E-state index in [1.807, 2.05) is 6.07 Å². The third-order valence-corrected chi connectivity index (χ3v) is 5.49. The minimum Gasteiger partial charge on any atom is -0.431 e. The maximum Gasteiger partial charge on any atom is 0.257 e. The van der Waals surface area contributed by atoms with Gasteiger partial charge in [-0.1, -0.05) is 65.3 Å². The summed E-state index contributed by atoms with van der Waals surface area (Å²) < 4.78 is 5.60. The summed E-state index contributed by atoms with van der Waals surface area (Å²) in [6.45, 7) is 0. The van der Waals surface area contributed by atoms with E-state index in [9.17, 15) is 9.59 Å². The van der Waals surface area contributed by atoms with Crippen molar-refractivity contribution in [2.45, 2.75) is 5.22 Å². The summed E-state index contributed by atoms with van der Waals surface area (Å²) in [7, 11) is 0. The molecule has 5 nitrogen and oxygen atoms in total. The Morgan fingerprint density at radius 2 is 1.70 bits per heavy atom. The molecular formula is C22H14Cl2N2O3S. The van der Waals surface area contributed by atoms with Crippen molar-refractivity contribution in [1.29, 1.82) is 0 Å². The van der Waals surface area contributed by atoms with Crippen molar-refractivity contribution in [1.82, 2.24) is 4.98 Å². The van der Waals surface area contributed by atoms with Gasteiger partial charge in [-0.2, -0.15) is 0 Å².